The van der Waals surface area contributed by atoms with Gasteiger partial charge in [0.15, 0.2) is 0 Å². The Morgan fingerprint density at radius 1 is 1.14 bits per heavy atom. The highest BCUT2D eigenvalue weighted by Crippen LogP contribution is 2.14. The fraction of sp³-hybridized carbons (Fsp3) is 0.385. The van der Waals surface area contributed by atoms with Crippen molar-refractivity contribution < 1.29 is 22.8 Å². The molecule has 1 aromatic rings. The summed E-state index contributed by atoms with van der Waals surface area (Å²) in [6, 6.07) is 5.57. The molecule has 0 aliphatic carbocycles. The fourth-order valence-electron chi connectivity index (χ4n) is 1.47. The predicted octanol–water partition coefficient (Wildman–Crippen LogP) is 1.66. The molecule has 0 fully saturated rings. The molecule has 4 N–H and O–H groups in total. The third kappa shape index (κ3) is 6.75. The van der Waals surface area contributed by atoms with Gasteiger partial charge in [0.25, 0.3) is 5.91 Å². The first kappa shape index (κ1) is 17.0. The lowest BCUT2D eigenvalue weighted by Gasteiger charge is -2.09. The minimum absolute atomic E-state index is 0.0826. The summed E-state index contributed by atoms with van der Waals surface area (Å²) in [6.07, 6.45) is -3.61. The molecular weight excluding hydrogens is 287 g/mol. The average Bonchev–Trinajstić information content (AvgIpc) is 2.42. The Kier molecular flexibility index (Phi) is 6.16. The van der Waals surface area contributed by atoms with E-state index in [1.54, 1.807) is 5.32 Å². The summed E-state index contributed by atoms with van der Waals surface area (Å²) in [5, 5.41) is 4.35. The highest BCUT2D eigenvalue weighted by Gasteiger charge is 2.27. The molecule has 0 bridgehead atoms. The van der Waals surface area contributed by atoms with Gasteiger partial charge in [-0.1, -0.05) is 0 Å². The van der Waals surface area contributed by atoms with Gasteiger partial charge in [0.05, 0.1) is 0 Å². The molecule has 0 unspecified atom stereocenters. The highest BCUT2D eigenvalue weighted by molar-refractivity contribution is 5.95. The van der Waals surface area contributed by atoms with Crippen molar-refractivity contribution in [1.82, 2.24) is 5.32 Å². The molecule has 0 atom stereocenters. The number of hydrogen-bond donors (Lipinski definition) is 3. The topological polar surface area (TPSA) is 84.2 Å². The van der Waals surface area contributed by atoms with Crippen molar-refractivity contribution in [3.05, 3.63) is 29.8 Å². The van der Waals surface area contributed by atoms with Gasteiger partial charge >= 0.3 is 6.18 Å². The number of alkyl halides is 3. The molecule has 1 aromatic carbocycles. The van der Waals surface area contributed by atoms with Crippen molar-refractivity contribution in [1.29, 1.82) is 0 Å². The molecule has 0 saturated heterocycles. The van der Waals surface area contributed by atoms with Gasteiger partial charge in [-0.25, -0.2) is 0 Å². The number of carbonyl (C=O) groups excluding carboxylic acids is 2. The van der Waals surface area contributed by atoms with Crippen molar-refractivity contribution in [2.24, 2.45) is 5.73 Å². The molecule has 8 heteroatoms. The number of benzene rings is 1. The summed E-state index contributed by atoms with van der Waals surface area (Å²) in [7, 11) is 0. The van der Waals surface area contributed by atoms with Crippen molar-refractivity contribution in [3.8, 4) is 0 Å². The van der Waals surface area contributed by atoms with Crippen molar-refractivity contribution in [2.75, 3.05) is 18.4 Å². The van der Waals surface area contributed by atoms with Gasteiger partial charge in [0, 0.05) is 17.7 Å². The van der Waals surface area contributed by atoms with Gasteiger partial charge in [-0.2, -0.15) is 13.2 Å². The minimum atomic E-state index is -4.45. The van der Waals surface area contributed by atoms with Crippen LogP contribution < -0.4 is 16.4 Å². The number of rotatable bonds is 6. The summed E-state index contributed by atoms with van der Waals surface area (Å²) in [5.41, 5.74) is 5.82. The maximum atomic E-state index is 12.0. The minimum Gasteiger partial charge on any atom is -0.343 e. The van der Waals surface area contributed by atoms with Crippen LogP contribution in [-0.4, -0.2) is 31.1 Å². The van der Waals surface area contributed by atoms with Gasteiger partial charge in [0.1, 0.15) is 6.54 Å². The van der Waals surface area contributed by atoms with E-state index < -0.39 is 18.6 Å². The maximum absolute atomic E-state index is 12.0. The van der Waals surface area contributed by atoms with E-state index in [0.29, 0.717) is 18.7 Å². The van der Waals surface area contributed by atoms with E-state index >= 15 is 0 Å². The standard InChI is InChI=1S/C13H16F3N3O2/c14-13(15,16)8-18-12(21)9-3-5-10(6-4-9)19-11(20)2-1-7-17/h3-6H,1-2,7-8,17H2,(H,18,21)(H,19,20). The third-order valence-corrected chi connectivity index (χ3v) is 2.49. The average molecular weight is 303 g/mol. The van der Waals surface area contributed by atoms with E-state index in [9.17, 15) is 22.8 Å². The van der Waals surface area contributed by atoms with E-state index in [1.807, 2.05) is 0 Å². The Morgan fingerprint density at radius 3 is 2.29 bits per heavy atom. The Bertz CT molecular complexity index is 486. The zero-order valence-corrected chi connectivity index (χ0v) is 11.2. The van der Waals surface area contributed by atoms with Crippen LogP contribution in [0.5, 0.6) is 0 Å². The molecule has 0 aliphatic heterocycles. The summed E-state index contributed by atoms with van der Waals surface area (Å²) in [4.78, 5) is 22.9. The van der Waals surface area contributed by atoms with Crippen LogP contribution in [0.4, 0.5) is 18.9 Å². The molecule has 0 aromatic heterocycles. The van der Waals surface area contributed by atoms with Crippen LogP contribution in [0.3, 0.4) is 0 Å². The second kappa shape index (κ2) is 7.63. The van der Waals surface area contributed by atoms with E-state index in [4.69, 9.17) is 5.73 Å². The Hall–Kier alpha value is -2.09. The third-order valence-electron chi connectivity index (χ3n) is 2.49. The molecule has 0 saturated carbocycles. The highest BCUT2D eigenvalue weighted by atomic mass is 19.4. The first-order chi connectivity index (χ1) is 9.81. The fourth-order valence-corrected chi connectivity index (χ4v) is 1.47. The van der Waals surface area contributed by atoms with Gasteiger partial charge < -0.3 is 16.4 Å². The zero-order chi connectivity index (χ0) is 15.9. The SMILES string of the molecule is NCCCC(=O)Nc1ccc(C(=O)NCC(F)(F)F)cc1. The first-order valence-corrected chi connectivity index (χ1v) is 6.27. The molecule has 2 amide bonds. The molecule has 116 valence electrons. The lowest BCUT2D eigenvalue weighted by Crippen LogP contribution is -2.33. The maximum Gasteiger partial charge on any atom is 0.405 e. The zero-order valence-electron chi connectivity index (χ0n) is 11.2. The second-order valence-corrected chi connectivity index (χ2v) is 4.32. The Balaban J connectivity index is 2.53. The largest absolute Gasteiger partial charge is 0.405 e. The van der Waals surface area contributed by atoms with Gasteiger partial charge in [-0.05, 0) is 37.2 Å². The Morgan fingerprint density at radius 2 is 1.76 bits per heavy atom. The van der Waals surface area contributed by atoms with Crippen LogP contribution in [0.2, 0.25) is 0 Å². The van der Waals surface area contributed by atoms with Crippen LogP contribution >= 0.6 is 0 Å². The molecule has 0 heterocycles. The van der Waals surface area contributed by atoms with Crippen LogP contribution in [0.15, 0.2) is 24.3 Å². The smallest absolute Gasteiger partial charge is 0.343 e. The van der Waals surface area contributed by atoms with E-state index in [2.05, 4.69) is 5.32 Å². The number of halogens is 3. The van der Waals surface area contributed by atoms with Crippen LogP contribution in [0.25, 0.3) is 0 Å². The molecule has 1 rings (SSSR count). The van der Waals surface area contributed by atoms with Crippen LogP contribution in [-0.2, 0) is 4.79 Å². The number of nitrogens with one attached hydrogen (secondary N) is 2. The lowest BCUT2D eigenvalue weighted by molar-refractivity contribution is -0.123. The number of carbonyl (C=O) groups is 2. The van der Waals surface area contributed by atoms with E-state index in [-0.39, 0.29) is 17.9 Å². The van der Waals surface area contributed by atoms with E-state index in [1.165, 1.54) is 24.3 Å². The quantitative estimate of drug-likeness (QED) is 0.747. The molecule has 5 nitrogen and oxygen atoms in total. The molecule has 21 heavy (non-hydrogen) atoms. The molecule has 0 aliphatic rings. The van der Waals surface area contributed by atoms with E-state index in [0.717, 1.165) is 0 Å². The van der Waals surface area contributed by atoms with Crippen LogP contribution in [0, 0.1) is 0 Å². The Labute approximate surface area is 119 Å². The first-order valence-electron chi connectivity index (χ1n) is 6.27. The summed E-state index contributed by atoms with van der Waals surface area (Å²) < 4.78 is 35.9. The predicted molar refractivity (Wildman–Crippen MR) is 71.7 cm³/mol. The summed E-state index contributed by atoms with van der Waals surface area (Å²) >= 11 is 0. The second-order valence-electron chi connectivity index (χ2n) is 4.32. The molecule has 0 spiro atoms. The lowest BCUT2D eigenvalue weighted by atomic mass is 10.2. The van der Waals surface area contributed by atoms with Gasteiger partial charge in [-0.3, -0.25) is 9.59 Å². The molecular formula is C13H16F3N3O2. The number of nitrogens with two attached hydrogens (primary N) is 1. The monoisotopic (exact) mass is 303 g/mol. The normalized spacial score (nSPS) is 11.0. The number of anilines is 1. The number of hydrogen-bond acceptors (Lipinski definition) is 3. The van der Waals surface area contributed by atoms with Crippen molar-refractivity contribution in [2.45, 2.75) is 19.0 Å². The van der Waals surface area contributed by atoms with Crippen molar-refractivity contribution in [3.63, 3.8) is 0 Å². The van der Waals surface area contributed by atoms with Gasteiger partial charge in [0.2, 0.25) is 5.91 Å². The van der Waals surface area contributed by atoms with Crippen LogP contribution in [0.1, 0.15) is 23.2 Å². The molecule has 0 radical (unpaired) electrons. The van der Waals surface area contributed by atoms with Crippen molar-refractivity contribution >= 4 is 17.5 Å². The van der Waals surface area contributed by atoms with Gasteiger partial charge in [-0.15, -0.1) is 0 Å². The summed E-state index contributed by atoms with van der Waals surface area (Å²) in [6.45, 7) is -0.977. The number of amides is 2. The summed E-state index contributed by atoms with van der Waals surface area (Å²) in [5.74, 6) is -1.04.